The number of sulfonamides is 1. The second kappa shape index (κ2) is 6.53. The summed E-state index contributed by atoms with van der Waals surface area (Å²) in [7, 11) is -3.55. The van der Waals surface area contributed by atoms with Crippen LogP contribution in [0.1, 0.15) is 17.5 Å². The number of anilines is 1. The van der Waals surface area contributed by atoms with Crippen molar-refractivity contribution in [2.45, 2.75) is 24.5 Å². The van der Waals surface area contributed by atoms with Crippen LogP contribution in [-0.2, 0) is 16.4 Å². The van der Waals surface area contributed by atoms with E-state index >= 15 is 0 Å². The highest BCUT2D eigenvalue weighted by molar-refractivity contribution is 7.94. The Morgan fingerprint density at radius 2 is 1.92 bits per heavy atom. The van der Waals surface area contributed by atoms with Gasteiger partial charge in [-0.2, -0.15) is 0 Å². The first-order valence-corrected chi connectivity index (χ1v) is 11.3. The van der Waals surface area contributed by atoms with Crippen molar-refractivity contribution < 1.29 is 8.42 Å². The van der Waals surface area contributed by atoms with Gasteiger partial charge < -0.3 is 0 Å². The maximum Gasteiger partial charge on any atom is 0.271 e. The van der Waals surface area contributed by atoms with Crippen molar-refractivity contribution in [2.75, 3.05) is 4.72 Å². The molecular formula is C18H17N3O2S3. The Morgan fingerprint density at radius 3 is 2.58 bits per heavy atom. The van der Waals surface area contributed by atoms with Crippen molar-refractivity contribution in [1.29, 1.82) is 0 Å². The third-order valence-electron chi connectivity index (χ3n) is 4.07. The second-order valence-corrected chi connectivity index (χ2v) is 9.83. The van der Waals surface area contributed by atoms with Crippen LogP contribution in [0.2, 0.25) is 0 Å². The number of nitrogens with one attached hydrogen (secondary N) is 1. The molecule has 0 bridgehead atoms. The van der Waals surface area contributed by atoms with E-state index in [1.807, 2.05) is 38.2 Å². The Labute approximate surface area is 160 Å². The average Bonchev–Trinajstić information content (AvgIpc) is 3.33. The third-order valence-corrected chi connectivity index (χ3v) is 8.13. The predicted molar refractivity (Wildman–Crippen MR) is 108 cm³/mol. The van der Waals surface area contributed by atoms with Crippen LogP contribution in [0, 0.1) is 6.92 Å². The first-order chi connectivity index (χ1) is 12.5. The summed E-state index contributed by atoms with van der Waals surface area (Å²) in [6.45, 7) is 4.05. The molecule has 0 saturated heterocycles. The zero-order chi connectivity index (χ0) is 18.3. The minimum absolute atomic E-state index is 0.336. The molecule has 0 amide bonds. The van der Waals surface area contributed by atoms with Crippen molar-refractivity contribution in [2.24, 2.45) is 0 Å². The van der Waals surface area contributed by atoms with Crippen LogP contribution in [0.15, 0.2) is 52.2 Å². The van der Waals surface area contributed by atoms with Crippen LogP contribution >= 0.6 is 22.7 Å². The quantitative estimate of drug-likeness (QED) is 0.521. The van der Waals surface area contributed by atoms with Gasteiger partial charge in [-0.3, -0.25) is 9.12 Å². The van der Waals surface area contributed by atoms with Gasteiger partial charge in [0.25, 0.3) is 10.0 Å². The van der Waals surface area contributed by atoms with Gasteiger partial charge in [-0.05, 0) is 37.6 Å². The summed E-state index contributed by atoms with van der Waals surface area (Å²) < 4.78 is 30.0. The molecule has 0 spiro atoms. The van der Waals surface area contributed by atoms with Gasteiger partial charge in [0, 0.05) is 33.4 Å². The molecule has 26 heavy (non-hydrogen) atoms. The maximum atomic E-state index is 12.5. The molecule has 8 heteroatoms. The Bertz CT molecular complexity index is 1170. The molecule has 3 aromatic heterocycles. The number of aryl methyl sites for hydroxylation is 2. The largest absolute Gasteiger partial charge is 0.294 e. The summed E-state index contributed by atoms with van der Waals surface area (Å²) in [4.78, 5) is 6.61. The molecule has 3 heterocycles. The van der Waals surface area contributed by atoms with E-state index in [1.165, 1.54) is 11.3 Å². The smallest absolute Gasteiger partial charge is 0.271 e. The van der Waals surface area contributed by atoms with E-state index in [9.17, 15) is 8.42 Å². The second-order valence-electron chi connectivity index (χ2n) is 5.91. The highest BCUT2D eigenvalue weighted by atomic mass is 32.2. The van der Waals surface area contributed by atoms with E-state index < -0.39 is 10.0 Å². The van der Waals surface area contributed by atoms with Gasteiger partial charge in [0.1, 0.15) is 4.21 Å². The fourth-order valence-corrected chi connectivity index (χ4v) is 5.84. The molecule has 0 aliphatic rings. The minimum Gasteiger partial charge on any atom is -0.294 e. The Morgan fingerprint density at radius 1 is 1.15 bits per heavy atom. The molecule has 0 unspecified atom stereocenters. The molecule has 1 aromatic carbocycles. The van der Waals surface area contributed by atoms with Gasteiger partial charge in [0.2, 0.25) is 0 Å². The summed E-state index contributed by atoms with van der Waals surface area (Å²) in [5, 5.41) is 2.07. The number of aromatic nitrogens is 2. The van der Waals surface area contributed by atoms with Crippen LogP contribution < -0.4 is 4.72 Å². The molecular weight excluding hydrogens is 386 g/mol. The van der Waals surface area contributed by atoms with E-state index in [0.29, 0.717) is 9.90 Å². The number of thiophene rings is 1. The molecule has 5 nitrogen and oxygen atoms in total. The predicted octanol–water partition coefficient (Wildman–Crippen LogP) is 4.80. The molecule has 4 aromatic rings. The van der Waals surface area contributed by atoms with E-state index in [4.69, 9.17) is 0 Å². The lowest BCUT2D eigenvalue weighted by molar-refractivity contribution is 0.603. The third kappa shape index (κ3) is 3.15. The standard InChI is InChI=1S/C18H17N3O2S3/c1-3-15-8-9-17(25-15)26(22,23)20-14-6-4-13(5-7-14)16-10-21-12(2)11-24-18(21)19-16/h4-11,20H,3H2,1-2H3. The number of benzene rings is 1. The van der Waals surface area contributed by atoms with Gasteiger partial charge in [-0.1, -0.05) is 19.1 Å². The summed E-state index contributed by atoms with van der Waals surface area (Å²) in [6.07, 6.45) is 2.83. The Balaban J connectivity index is 1.57. The van der Waals surface area contributed by atoms with E-state index in [0.717, 1.165) is 33.2 Å². The average molecular weight is 404 g/mol. The highest BCUT2D eigenvalue weighted by Crippen LogP contribution is 2.27. The molecule has 0 aliphatic heterocycles. The summed E-state index contributed by atoms with van der Waals surface area (Å²) in [5.74, 6) is 0. The van der Waals surface area contributed by atoms with Gasteiger partial charge in [0.15, 0.2) is 4.96 Å². The summed E-state index contributed by atoms with van der Waals surface area (Å²) in [5.41, 5.74) is 3.51. The molecule has 0 saturated carbocycles. The van der Waals surface area contributed by atoms with Crippen LogP contribution in [0.4, 0.5) is 5.69 Å². The van der Waals surface area contributed by atoms with Crippen molar-refractivity contribution in [3.8, 4) is 11.3 Å². The SMILES string of the molecule is CCc1ccc(S(=O)(=O)Nc2ccc(-c3cn4c(C)csc4n3)cc2)s1. The first kappa shape index (κ1) is 17.3. The normalized spacial score (nSPS) is 11.9. The molecule has 0 fully saturated rings. The number of nitrogens with zero attached hydrogens (tertiary/aromatic N) is 2. The number of hydrogen-bond acceptors (Lipinski definition) is 5. The number of fused-ring (bicyclic) bond motifs is 1. The van der Waals surface area contributed by atoms with E-state index in [1.54, 1.807) is 29.5 Å². The first-order valence-electron chi connectivity index (χ1n) is 8.11. The van der Waals surface area contributed by atoms with Crippen LogP contribution in [0.5, 0.6) is 0 Å². The Kier molecular flexibility index (Phi) is 4.34. The Hall–Kier alpha value is -2.16. The van der Waals surface area contributed by atoms with Crippen molar-refractivity contribution in [3.05, 3.63) is 58.5 Å². The summed E-state index contributed by atoms with van der Waals surface area (Å²) >= 11 is 2.90. The monoisotopic (exact) mass is 403 g/mol. The van der Waals surface area contributed by atoms with Crippen LogP contribution in [-0.4, -0.2) is 17.8 Å². The lowest BCUT2D eigenvalue weighted by Gasteiger charge is -2.06. The molecule has 1 N–H and O–H groups in total. The van der Waals surface area contributed by atoms with E-state index in [-0.39, 0.29) is 0 Å². The van der Waals surface area contributed by atoms with Gasteiger partial charge in [0.05, 0.1) is 5.69 Å². The van der Waals surface area contributed by atoms with Crippen molar-refractivity contribution in [3.63, 3.8) is 0 Å². The van der Waals surface area contributed by atoms with Gasteiger partial charge in [-0.25, -0.2) is 13.4 Å². The number of rotatable bonds is 5. The zero-order valence-electron chi connectivity index (χ0n) is 14.3. The molecule has 0 aliphatic carbocycles. The number of thiazole rings is 1. The topological polar surface area (TPSA) is 63.5 Å². The lowest BCUT2D eigenvalue weighted by atomic mass is 10.1. The minimum atomic E-state index is -3.55. The zero-order valence-corrected chi connectivity index (χ0v) is 16.7. The molecule has 0 radical (unpaired) electrons. The van der Waals surface area contributed by atoms with Crippen LogP contribution in [0.25, 0.3) is 16.2 Å². The van der Waals surface area contributed by atoms with E-state index in [2.05, 4.69) is 19.5 Å². The van der Waals surface area contributed by atoms with Gasteiger partial charge in [-0.15, -0.1) is 22.7 Å². The maximum absolute atomic E-state index is 12.5. The molecule has 0 atom stereocenters. The number of imidazole rings is 1. The number of hydrogen-bond donors (Lipinski definition) is 1. The van der Waals surface area contributed by atoms with Gasteiger partial charge >= 0.3 is 0 Å². The highest BCUT2D eigenvalue weighted by Gasteiger charge is 2.17. The van der Waals surface area contributed by atoms with Crippen molar-refractivity contribution >= 4 is 43.3 Å². The summed E-state index contributed by atoms with van der Waals surface area (Å²) in [6, 6.07) is 10.8. The van der Waals surface area contributed by atoms with Crippen molar-refractivity contribution in [1.82, 2.24) is 9.38 Å². The lowest BCUT2D eigenvalue weighted by Crippen LogP contribution is -2.11. The molecule has 134 valence electrons. The fourth-order valence-electron chi connectivity index (χ4n) is 2.64. The van der Waals surface area contributed by atoms with Crippen LogP contribution in [0.3, 0.4) is 0 Å². The molecule has 4 rings (SSSR count). The fraction of sp³-hybridized carbons (Fsp3) is 0.167.